The zero-order valence-corrected chi connectivity index (χ0v) is 14.1. The maximum absolute atomic E-state index is 12.1. The van der Waals surface area contributed by atoms with E-state index < -0.39 is 0 Å². The van der Waals surface area contributed by atoms with Crippen LogP contribution >= 0.6 is 15.9 Å². The molecule has 1 aromatic heterocycles. The Morgan fingerprint density at radius 1 is 1.26 bits per heavy atom. The second kappa shape index (κ2) is 6.75. The van der Waals surface area contributed by atoms with Crippen LogP contribution in [0.25, 0.3) is 11.0 Å². The fourth-order valence-electron chi connectivity index (χ4n) is 2.30. The molecule has 3 aromatic rings. The number of amides is 1. The van der Waals surface area contributed by atoms with Crippen molar-refractivity contribution in [2.24, 2.45) is 5.10 Å². The molecular weight excluding hydrogens is 356 g/mol. The summed E-state index contributed by atoms with van der Waals surface area (Å²) in [6, 6.07) is 15.4. The Bertz CT molecular complexity index is 868. The molecule has 0 spiro atoms. The van der Waals surface area contributed by atoms with E-state index in [4.69, 9.17) is 0 Å². The van der Waals surface area contributed by atoms with Crippen LogP contribution in [-0.4, -0.2) is 21.7 Å². The predicted molar refractivity (Wildman–Crippen MR) is 94.3 cm³/mol. The monoisotopic (exact) mass is 370 g/mol. The maximum atomic E-state index is 12.1. The lowest BCUT2D eigenvalue weighted by Crippen LogP contribution is -2.23. The van der Waals surface area contributed by atoms with Crippen LogP contribution in [0.2, 0.25) is 0 Å². The molecule has 0 saturated carbocycles. The number of nitrogens with one attached hydrogen (secondary N) is 1. The Hall–Kier alpha value is -2.47. The fourth-order valence-corrected chi connectivity index (χ4v) is 2.57. The van der Waals surface area contributed by atoms with Gasteiger partial charge in [-0.3, -0.25) is 4.79 Å². The lowest BCUT2D eigenvalue weighted by Gasteiger charge is -2.05. The Morgan fingerprint density at radius 3 is 2.78 bits per heavy atom. The van der Waals surface area contributed by atoms with Gasteiger partial charge >= 0.3 is 0 Å². The van der Waals surface area contributed by atoms with Crippen molar-refractivity contribution in [3.05, 3.63) is 64.4 Å². The number of aromatic nitrogens is 2. The van der Waals surface area contributed by atoms with Gasteiger partial charge in [-0.05, 0) is 36.8 Å². The molecule has 1 heterocycles. The number of imidazole rings is 1. The van der Waals surface area contributed by atoms with Crippen molar-refractivity contribution >= 4 is 39.1 Å². The van der Waals surface area contributed by atoms with Crippen LogP contribution in [0.4, 0.5) is 0 Å². The van der Waals surface area contributed by atoms with E-state index in [-0.39, 0.29) is 12.5 Å². The largest absolute Gasteiger partial charge is 0.319 e. The second-order valence-electron chi connectivity index (χ2n) is 5.08. The number of carbonyl (C=O) groups excluding carboxylic acids is 1. The first-order valence-electron chi connectivity index (χ1n) is 7.13. The van der Waals surface area contributed by atoms with Gasteiger partial charge < -0.3 is 4.57 Å². The number of halogens is 1. The highest BCUT2D eigenvalue weighted by Gasteiger charge is 2.09. The molecule has 3 rings (SSSR count). The van der Waals surface area contributed by atoms with Gasteiger partial charge in [0.25, 0.3) is 5.91 Å². The van der Waals surface area contributed by atoms with E-state index in [9.17, 15) is 4.79 Å². The van der Waals surface area contributed by atoms with Crippen LogP contribution < -0.4 is 5.43 Å². The van der Waals surface area contributed by atoms with Crippen LogP contribution in [0.1, 0.15) is 11.4 Å². The Morgan fingerprint density at radius 2 is 2.00 bits per heavy atom. The maximum Gasteiger partial charge on any atom is 0.260 e. The molecule has 0 radical (unpaired) electrons. The number of benzene rings is 2. The number of fused-ring (bicyclic) bond motifs is 1. The number of hydrogen-bond donors (Lipinski definition) is 1. The normalized spacial score (nSPS) is 11.2. The summed E-state index contributed by atoms with van der Waals surface area (Å²) in [5, 5.41) is 3.99. The number of nitrogens with zero attached hydrogens (tertiary/aromatic N) is 3. The van der Waals surface area contributed by atoms with E-state index in [1.807, 2.05) is 60.0 Å². The van der Waals surface area contributed by atoms with Crippen molar-refractivity contribution in [3.63, 3.8) is 0 Å². The fraction of sp³-hybridized carbons (Fsp3) is 0.118. The van der Waals surface area contributed by atoms with Gasteiger partial charge in [-0.2, -0.15) is 5.10 Å². The minimum absolute atomic E-state index is 0.185. The third-order valence-electron chi connectivity index (χ3n) is 3.42. The molecule has 0 aliphatic heterocycles. The molecule has 0 saturated heterocycles. The van der Waals surface area contributed by atoms with Gasteiger partial charge in [0, 0.05) is 4.47 Å². The van der Waals surface area contributed by atoms with Crippen LogP contribution in [0, 0.1) is 6.92 Å². The number of hydrogen-bond acceptors (Lipinski definition) is 3. The average Bonchev–Trinajstić information content (AvgIpc) is 2.85. The zero-order chi connectivity index (χ0) is 16.2. The molecule has 0 bridgehead atoms. The molecule has 0 unspecified atom stereocenters. The Balaban J connectivity index is 1.67. The number of para-hydroxylation sites is 2. The number of aryl methyl sites for hydroxylation is 1. The van der Waals surface area contributed by atoms with Crippen molar-refractivity contribution in [2.75, 3.05) is 0 Å². The SMILES string of the molecule is Cc1nc2ccccc2n1CC(=O)NN=Cc1ccc(Br)cc1. The number of carbonyl (C=O) groups is 1. The summed E-state index contributed by atoms with van der Waals surface area (Å²) < 4.78 is 2.88. The minimum Gasteiger partial charge on any atom is -0.319 e. The van der Waals surface area contributed by atoms with Gasteiger partial charge in [0.15, 0.2) is 0 Å². The van der Waals surface area contributed by atoms with Crippen LogP contribution in [0.15, 0.2) is 58.1 Å². The molecule has 116 valence electrons. The van der Waals surface area contributed by atoms with Gasteiger partial charge in [0.2, 0.25) is 0 Å². The molecule has 0 aliphatic carbocycles. The highest BCUT2D eigenvalue weighted by atomic mass is 79.9. The predicted octanol–water partition coefficient (Wildman–Crippen LogP) is 3.26. The average molecular weight is 371 g/mol. The quantitative estimate of drug-likeness (QED) is 0.565. The lowest BCUT2D eigenvalue weighted by atomic mass is 10.2. The van der Waals surface area contributed by atoms with E-state index in [0.29, 0.717) is 0 Å². The van der Waals surface area contributed by atoms with Gasteiger partial charge in [-0.15, -0.1) is 0 Å². The van der Waals surface area contributed by atoms with Crippen molar-refractivity contribution in [1.82, 2.24) is 15.0 Å². The molecule has 6 heteroatoms. The standard InChI is InChI=1S/C17H15BrN4O/c1-12-20-15-4-2-3-5-16(15)22(12)11-17(23)21-19-10-13-6-8-14(18)9-7-13/h2-10H,11H2,1H3,(H,21,23). The first-order valence-corrected chi connectivity index (χ1v) is 7.92. The van der Waals surface area contributed by atoms with E-state index in [1.54, 1.807) is 6.21 Å². The van der Waals surface area contributed by atoms with Gasteiger partial charge in [0.05, 0.1) is 17.2 Å². The molecule has 1 N–H and O–H groups in total. The lowest BCUT2D eigenvalue weighted by molar-refractivity contribution is -0.121. The molecule has 0 atom stereocenters. The summed E-state index contributed by atoms with van der Waals surface area (Å²) in [4.78, 5) is 16.5. The third-order valence-corrected chi connectivity index (χ3v) is 3.95. The van der Waals surface area contributed by atoms with Crippen molar-refractivity contribution in [1.29, 1.82) is 0 Å². The number of hydrazone groups is 1. The second-order valence-corrected chi connectivity index (χ2v) is 5.99. The summed E-state index contributed by atoms with van der Waals surface area (Å²) in [6.07, 6.45) is 1.61. The van der Waals surface area contributed by atoms with Crippen LogP contribution in [0.3, 0.4) is 0 Å². The van der Waals surface area contributed by atoms with E-state index in [2.05, 4.69) is 31.4 Å². The van der Waals surface area contributed by atoms with Crippen LogP contribution in [-0.2, 0) is 11.3 Å². The summed E-state index contributed by atoms with van der Waals surface area (Å²) in [6.45, 7) is 2.07. The van der Waals surface area contributed by atoms with E-state index in [0.717, 1.165) is 26.9 Å². The third kappa shape index (κ3) is 3.65. The van der Waals surface area contributed by atoms with Gasteiger partial charge in [0.1, 0.15) is 12.4 Å². The van der Waals surface area contributed by atoms with Gasteiger partial charge in [-0.25, -0.2) is 10.4 Å². The summed E-state index contributed by atoms with van der Waals surface area (Å²) >= 11 is 3.37. The molecule has 5 nitrogen and oxygen atoms in total. The minimum atomic E-state index is -0.190. The smallest absolute Gasteiger partial charge is 0.260 e. The molecule has 0 aliphatic rings. The van der Waals surface area contributed by atoms with E-state index >= 15 is 0 Å². The zero-order valence-electron chi connectivity index (χ0n) is 12.5. The Kier molecular flexibility index (Phi) is 4.52. The van der Waals surface area contributed by atoms with E-state index in [1.165, 1.54) is 0 Å². The van der Waals surface area contributed by atoms with Gasteiger partial charge in [-0.1, -0.05) is 40.2 Å². The summed E-state index contributed by atoms with van der Waals surface area (Å²) in [7, 11) is 0. The summed E-state index contributed by atoms with van der Waals surface area (Å²) in [5.74, 6) is 0.614. The number of rotatable bonds is 4. The molecule has 1 amide bonds. The molecular formula is C17H15BrN4O. The molecule has 0 fully saturated rings. The molecule has 23 heavy (non-hydrogen) atoms. The Labute approximate surface area is 142 Å². The highest BCUT2D eigenvalue weighted by Crippen LogP contribution is 2.15. The highest BCUT2D eigenvalue weighted by molar-refractivity contribution is 9.10. The first kappa shape index (κ1) is 15.4. The van der Waals surface area contributed by atoms with Crippen molar-refractivity contribution in [3.8, 4) is 0 Å². The van der Waals surface area contributed by atoms with Crippen LogP contribution in [0.5, 0.6) is 0 Å². The molecule has 2 aromatic carbocycles. The van der Waals surface area contributed by atoms with Crippen molar-refractivity contribution in [2.45, 2.75) is 13.5 Å². The topological polar surface area (TPSA) is 59.3 Å². The van der Waals surface area contributed by atoms with Crippen molar-refractivity contribution < 1.29 is 4.79 Å². The summed E-state index contributed by atoms with van der Waals surface area (Å²) in [5.41, 5.74) is 5.29. The first-order chi connectivity index (χ1) is 11.1.